The molecule has 0 amide bonds. The van der Waals surface area contributed by atoms with Gasteiger partial charge in [0.2, 0.25) is 0 Å². The minimum atomic E-state index is -6.63. The van der Waals surface area contributed by atoms with Crippen LogP contribution in [-0.4, -0.2) is 60.1 Å². The predicted octanol–water partition coefficient (Wildman–Crippen LogP) is 4.59. The third kappa shape index (κ3) is 5.65. The Bertz CT molecular complexity index is 518. The summed E-state index contributed by atoms with van der Waals surface area (Å²) in [5, 5.41) is 0. The van der Waals surface area contributed by atoms with Crippen LogP contribution >= 0.6 is 0 Å². The number of rotatable bonds is 2. The van der Waals surface area contributed by atoms with Crippen LogP contribution in [0.1, 0.15) is 0 Å². The molecule has 0 aromatic heterocycles. The lowest BCUT2D eigenvalue weighted by Gasteiger charge is -2.43. The van der Waals surface area contributed by atoms with E-state index in [4.69, 9.17) is 0 Å². The van der Waals surface area contributed by atoms with Crippen LogP contribution in [0, 0.1) is 0 Å². The molecule has 0 saturated carbocycles. The van der Waals surface area contributed by atoms with Gasteiger partial charge in [0.1, 0.15) is 0 Å². The van der Waals surface area contributed by atoms with Gasteiger partial charge in [-0.15, -0.1) is 26.3 Å². The van der Waals surface area contributed by atoms with Crippen molar-refractivity contribution in [1.82, 2.24) is 9.80 Å². The monoisotopic (exact) mass is 436 g/mol. The van der Waals surface area contributed by atoms with Crippen LogP contribution in [0.15, 0.2) is 11.9 Å². The van der Waals surface area contributed by atoms with Gasteiger partial charge < -0.3 is 9.64 Å². The highest BCUT2D eigenvalue weighted by atomic mass is 19.4. The number of morpholine rings is 1. The maximum Gasteiger partial charge on any atom is 0.493 e. The number of hydrogen-bond acceptors (Lipinski definition) is 3. The summed E-state index contributed by atoms with van der Waals surface area (Å²) >= 11 is 0. The molecule has 2 unspecified atom stereocenters. The normalized spacial score (nSPS) is 22.7. The van der Waals surface area contributed by atoms with Crippen LogP contribution < -0.4 is 0 Å². The van der Waals surface area contributed by atoms with Crippen LogP contribution in [0.4, 0.5) is 61.5 Å². The molecule has 2 atom stereocenters. The predicted molar refractivity (Wildman–Crippen MR) is 55.5 cm³/mol. The van der Waals surface area contributed by atoms with Crippen molar-refractivity contribution in [2.24, 2.45) is 0 Å². The Kier molecular flexibility index (Phi) is 6.10. The smallest absolute Gasteiger partial charge is 0.352 e. The van der Waals surface area contributed by atoms with Gasteiger partial charge in [0.15, 0.2) is 18.0 Å². The lowest BCUT2D eigenvalue weighted by atomic mass is 10.2. The van der Waals surface area contributed by atoms with Crippen molar-refractivity contribution in [3.05, 3.63) is 11.9 Å². The summed E-state index contributed by atoms with van der Waals surface area (Å²) in [6, 6.07) is 0. The van der Waals surface area contributed by atoms with Crippen molar-refractivity contribution in [3.63, 3.8) is 0 Å². The minimum absolute atomic E-state index is 1.02. The average Bonchev–Trinajstić information content (AvgIpc) is 2.39. The quantitative estimate of drug-likeness (QED) is 0.466. The Labute approximate surface area is 139 Å². The number of halogens is 14. The third-order valence-electron chi connectivity index (χ3n) is 3.02. The molecule has 27 heavy (non-hydrogen) atoms. The molecule has 0 bridgehead atoms. The summed E-state index contributed by atoms with van der Waals surface area (Å²) in [7, 11) is 0. The first kappa shape index (κ1) is 23.4. The number of alkyl halides is 12. The lowest BCUT2D eigenvalue weighted by Crippen LogP contribution is -2.60. The first-order valence-electron chi connectivity index (χ1n) is 6.29. The highest BCUT2D eigenvalue weighted by molar-refractivity contribution is 5.07. The van der Waals surface area contributed by atoms with E-state index in [2.05, 4.69) is 4.74 Å². The zero-order chi connectivity index (χ0) is 21.6. The zero-order valence-corrected chi connectivity index (χ0v) is 12.2. The van der Waals surface area contributed by atoms with Gasteiger partial charge in [-0.3, -0.25) is 0 Å². The average molecular weight is 436 g/mol. The molecule has 0 aliphatic carbocycles. The molecule has 1 aliphatic heterocycles. The first-order valence-corrected chi connectivity index (χ1v) is 6.29. The fourth-order valence-electron chi connectivity index (χ4n) is 2.02. The standard InChI is InChI=1S/C10H6F14N2O/c11-5(12)6(26(9(19,20)21)10(22,23)24)25-1-3(7(13,14)15)27-4(2-25)8(16,17)18/h3-4H,1-2H2. The zero-order valence-electron chi connectivity index (χ0n) is 12.2. The molecular formula is C10H6F14N2O. The van der Waals surface area contributed by atoms with Gasteiger partial charge in [-0.25, -0.2) is 0 Å². The fraction of sp³-hybridized carbons (Fsp3) is 0.800. The second kappa shape index (κ2) is 7.05. The summed E-state index contributed by atoms with van der Waals surface area (Å²) in [6.07, 6.45) is -35.6. The van der Waals surface area contributed by atoms with Crippen molar-refractivity contribution < 1.29 is 66.2 Å². The second-order valence-corrected chi connectivity index (χ2v) is 4.96. The fourth-order valence-corrected chi connectivity index (χ4v) is 2.02. The summed E-state index contributed by atoms with van der Waals surface area (Å²) < 4.78 is 181. The van der Waals surface area contributed by atoms with Gasteiger partial charge in [-0.05, 0) is 0 Å². The van der Waals surface area contributed by atoms with E-state index in [0.717, 1.165) is 0 Å². The van der Waals surface area contributed by atoms with E-state index in [9.17, 15) is 61.5 Å². The molecule has 0 aromatic carbocycles. The van der Waals surface area contributed by atoms with Crippen molar-refractivity contribution in [2.45, 2.75) is 37.2 Å². The van der Waals surface area contributed by atoms with E-state index in [1.807, 2.05) is 0 Å². The molecule has 1 aliphatic rings. The van der Waals surface area contributed by atoms with Crippen molar-refractivity contribution in [3.8, 4) is 0 Å². The molecule has 0 N–H and O–H groups in total. The van der Waals surface area contributed by atoms with Crippen molar-refractivity contribution in [1.29, 1.82) is 0 Å². The lowest BCUT2D eigenvalue weighted by molar-refractivity contribution is -0.370. The Hall–Kier alpha value is -1.68. The van der Waals surface area contributed by atoms with Crippen LogP contribution in [0.2, 0.25) is 0 Å². The van der Waals surface area contributed by atoms with Gasteiger partial charge in [-0.1, -0.05) is 0 Å². The van der Waals surface area contributed by atoms with E-state index in [0.29, 0.717) is 0 Å². The molecule has 3 nitrogen and oxygen atoms in total. The van der Waals surface area contributed by atoms with Crippen molar-refractivity contribution in [2.75, 3.05) is 13.1 Å². The van der Waals surface area contributed by atoms with E-state index < -0.39 is 72.0 Å². The largest absolute Gasteiger partial charge is 0.493 e. The van der Waals surface area contributed by atoms with Gasteiger partial charge >= 0.3 is 31.0 Å². The first-order chi connectivity index (χ1) is 11.8. The van der Waals surface area contributed by atoms with Gasteiger partial charge in [0.25, 0.3) is 0 Å². The van der Waals surface area contributed by atoms with E-state index in [1.54, 1.807) is 0 Å². The minimum Gasteiger partial charge on any atom is -0.352 e. The molecular weight excluding hydrogens is 430 g/mol. The van der Waals surface area contributed by atoms with E-state index in [1.165, 1.54) is 0 Å². The Morgan fingerprint density at radius 2 is 1.04 bits per heavy atom. The number of ether oxygens (including phenoxy) is 1. The molecule has 17 heteroatoms. The molecule has 1 fully saturated rings. The van der Waals surface area contributed by atoms with Crippen LogP contribution in [0.25, 0.3) is 0 Å². The highest BCUT2D eigenvalue weighted by Crippen LogP contribution is 2.42. The second-order valence-electron chi connectivity index (χ2n) is 4.96. The van der Waals surface area contributed by atoms with Crippen molar-refractivity contribution >= 4 is 0 Å². The van der Waals surface area contributed by atoms with E-state index in [-0.39, 0.29) is 0 Å². The molecule has 0 radical (unpaired) electrons. The maximum atomic E-state index is 12.8. The summed E-state index contributed by atoms with van der Waals surface area (Å²) in [5.74, 6) is -3.21. The maximum absolute atomic E-state index is 12.8. The van der Waals surface area contributed by atoms with Crippen LogP contribution in [-0.2, 0) is 4.74 Å². The van der Waals surface area contributed by atoms with Gasteiger partial charge in [0, 0.05) is 0 Å². The molecule has 0 spiro atoms. The summed E-state index contributed by atoms with van der Waals surface area (Å²) in [5.41, 5.74) is 0. The van der Waals surface area contributed by atoms with E-state index >= 15 is 0 Å². The number of hydrogen-bond donors (Lipinski definition) is 0. The Morgan fingerprint density at radius 1 is 0.704 bits per heavy atom. The molecule has 1 rings (SSSR count). The Balaban J connectivity index is 3.47. The van der Waals surface area contributed by atoms with Crippen LogP contribution in [0.5, 0.6) is 0 Å². The third-order valence-corrected chi connectivity index (χ3v) is 3.02. The SMILES string of the molecule is FC(F)=C(N1CC(C(F)(F)F)OC(C(F)(F)F)C1)N(C(F)(F)F)C(F)(F)F. The van der Waals surface area contributed by atoms with Crippen LogP contribution in [0.3, 0.4) is 0 Å². The summed E-state index contributed by atoms with van der Waals surface area (Å²) in [4.78, 5) is -3.89. The topological polar surface area (TPSA) is 15.7 Å². The molecule has 1 heterocycles. The molecule has 160 valence electrons. The Morgan fingerprint density at radius 3 is 1.26 bits per heavy atom. The summed E-state index contributed by atoms with van der Waals surface area (Å²) in [6.45, 7) is -4.32. The molecule has 1 saturated heterocycles. The van der Waals surface area contributed by atoms with Gasteiger partial charge in [-0.2, -0.15) is 40.0 Å². The van der Waals surface area contributed by atoms with Gasteiger partial charge in [0.05, 0.1) is 13.1 Å². The molecule has 0 aromatic rings. The highest BCUT2D eigenvalue weighted by Gasteiger charge is 2.60. The number of nitrogens with zero attached hydrogens (tertiary/aromatic N) is 2.